The van der Waals surface area contributed by atoms with Crippen LogP contribution in [-0.4, -0.2) is 19.2 Å². The summed E-state index contributed by atoms with van der Waals surface area (Å²) in [7, 11) is 0. The second-order valence-electron chi connectivity index (χ2n) is 9.72. The number of rotatable bonds is 5. The smallest absolute Gasteiger partial charge is 0.410 e. The molecule has 0 spiro atoms. The molecule has 4 nitrogen and oxygen atoms in total. The molecule has 1 amide bonds. The molecule has 4 aromatic rings. The largest absolute Gasteiger partial charge is 0.416 e. The first-order valence-corrected chi connectivity index (χ1v) is 13.0. The second-order valence-corrected chi connectivity index (χ2v) is 9.72. The van der Waals surface area contributed by atoms with Crippen molar-refractivity contribution in [3.05, 3.63) is 137 Å². The van der Waals surface area contributed by atoms with Crippen molar-refractivity contribution in [3.8, 4) is 5.75 Å². The number of hydrogen-bond acceptors (Lipinski definition) is 3. The standard InChI is InChI=1S/C33H30N2O2/c36-33(37-27-14-8-3-9-15-27)34-19-16-24-22-30-28(25-10-4-1-5-11-25)17-20-35-21-18-29(31(23-24)32(30)35)26-12-6-2-7-13-26/h1-16,19,22-23,28-29H,17-18,20-21H2,(H,34,36). The summed E-state index contributed by atoms with van der Waals surface area (Å²) >= 11 is 0. The molecule has 184 valence electrons. The van der Waals surface area contributed by atoms with Crippen LogP contribution < -0.4 is 15.0 Å². The van der Waals surface area contributed by atoms with E-state index < -0.39 is 6.09 Å². The van der Waals surface area contributed by atoms with Gasteiger partial charge in [0, 0.05) is 36.8 Å². The van der Waals surface area contributed by atoms with Crippen LogP contribution in [0.25, 0.3) is 6.08 Å². The molecule has 1 N–H and O–H groups in total. The number of amides is 1. The van der Waals surface area contributed by atoms with Crippen LogP contribution in [0.5, 0.6) is 5.75 Å². The molecule has 2 aliphatic rings. The molecule has 0 saturated carbocycles. The minimum absolute atomic E-state index is 0.352. The van der Waals surface area contributed by atoms with E-state index >= 15 is 0 Å². The maximum absolute atomic E-state index is 12.3. The molecule has 4 heteroatoms. The fourth-order valence-corrected chi connectivity index (χ4v) is 5.81. The Balaban J connectivity index is 1.36. The molecular formula is C33H30N2O2. The number of carbonyl (C=O) groups is 1. The van der Waals surface area contributed by atoms with Gasteiger partial charge in [0.05, 0.1) is 0 Å². The number of ether oxygens (including phenoxy) is 1. The summed E-state index contributed by atoms with van der Waals surface area (Å²) in [5.41, 5.74) is 7.95. The maximum Gasteiger partial charge on any atom is 0.416 e. The van der Waals surface area contributed by atoms with Gasteiger partial charge >= 0.3 is 6.09 Å². The maximum atomic E-state index is 12.3. The van der Waals surface area contributed by atoms with Crippen LogP contribution in [0.15, 0.2) is 109 Å². The lowest BCUT2D eigenvalue weighted by atomic mass is 9.76. The van der Waals surface area contributed by atoms with Crippen molar-refractivity contribution in [3.63, 3.8) is 0 Å². The molecule has 0 bridgehead atoms. The van der Waals surface area contributed by atoms with Crippen molar-refractivity contribution in [2.24, 2.45) is 0 Å². The first-order chi connectivity index (χ1) is 18.3. The first kappa shape index (κ1) is 23.1. The van der Waals surface area contributed by atoms with Crippen LogP contribution in [-0.2, 0) is 0 Å². The molecule has 6 rings (SSSR count). The number of nitrogens with one attached hydrogen (secondary N) is 1. The number of anilines is 1. The number of para-hydroxylation sites is 1. The zero-order valence-electron chi connectivity index (χ0n) is 20.7. The summed E-state index contributed by atoms with van der Waals surface area (Å²) in [5.74, 6) is 1.22. The highest BCUT2D eigenvalue weighted by Gasteiger charge is 2.34. The van der Waals surface area contributed by atoms with E-state index in [0.29, 0.717) is 17.6 Å². The molecule has 2 aliphatic heterocycles. The molecular weight excluding hydrogens is 456 g/mol. The van der Waals surface area contributed by atoms with Crippen molar-refractivity contribution in [1.82, 2.24) is 5.32 Å². The Morgan fingerprint density at radius 2 is 1.27 bits per heavy atom. The lowest BCUT2D eigenvalue weighted by Crippen LogP contribution is -2.37. The van der Waals surface area contributed by atoms with E-state index in [1.165, 1.54) is 27.9 Å². The van der Waals surface area contributed by atoms with Crippen LogP contribution >= 0.6 is 0 Å². The molecule has 0 fully saturated rings. The van der Waals surface area contributed by atoms with E-state index in [0.717, 1.165) is 31.5 Å². The lowest BCUT2D eigenvalue weighted by Gasteiger charge is -2.43. The Labute approximate surface area is 218 Å². The average molecular weight is 487 g/mol. The highest BCUT2D eigenvalue weighted by molar-refractivity contribution is 5.74. The van der Waals surface area contributed by atoms with E-state index in [1.54, 1.807) is 18.3 Å². The Morgan fingerprint density at radius 3 is 1.81 bits per heavy atom. The Kier molecular flexibility index (Phi) is 6.47. The van der Waals surface area contributed by atoms with Crippen molar-refractivity contribution >= 4 is 17.9 Å². The summed E-state index contributed by atoms with van der Waals surface area (Å²) < 4.78 is 5.35. The van der Waals surface area contributed by atoms with Gasteiger partial charge in [-0.1, -0.05) is 78.9 Å². The minimum Gasteiger partial charge on any atom is -0.410 e. The molecule has 2 atom stereocenters. The number of nitrogens with zero attached hydrogens (tertiary/aromatic N) is 1. The fourth-order valence-electron chi connectivity index (χ4n) is 5.81. The summed E-state index contributed by atoms with van der Waals surface area (Å²) in [6, 6.07) is 35.4. The van der Waals surface area contributed by atoms with Gasteiger partial charge in [0.25, 0.3) is 0 Å². The number of hydrogen-bond donors (Lipinski definition) is 1. The zero-order chi connectivity index (χ0) is 25.0. The Hall–Kier alpha value is -4.31. The molecule has 0 aliphatic carbocycles. The molecule has 37 heavy (non-hydrogen) atoms. The van der Waals surface area contributed by atoms with Crippen molar-refractivity contribution < 1.29 is 9.53 Å². The van der Waals surface area contributed by atoms with Crippen LogP contribution in [0.3, 0.4) is 0 Å². The lowest BCUT2D eigenvalue weighted by molar-refractivity contribution is 0.204. The Morgan fingerprint density at radius 1 is 0.757 bits per heavy atom. The predicted octanol–water partition coefficient (Wildman–Crippen LogP) is 7.32. The van der Waals surface area contributed by atoms with E-state index in [2.05, 4.69) is 83.0 Å². The molecule has 4 aromatic carbocycles. The molecule has 0 saturated heterocycles. The van der Waals surface area contributed by atoms with E-state index in [9.17, 15) is 4.79 Å². The Bertz CT molecular complexity index is 1330. The minimum atomic E-state index is -0.503. The SMILES string of the molecule is O=C(NC=Cc1cc2c3c(c1)C(c1ccccc1)CCN3CCC2c1ccccc1)Oc1ccccc1. The summed E-state index contributed by atoms with van der Waals surface area (Å²) in [5, 5.41) is 2.75. The zero-order valence-corrected chi connectivity index (χ0v) is 20.7. The van der Waals surface area contributed by atoms with Crippen molar-refractivity contribution in [1.29, 1.82) is 0 Å². The third-order valence-electron chi connectivity index (χ3n) is 7.47. The quantitative estimate of drug-likeness (QED) is 0.321. The van der Waals surface area contributed by atoms with Crippen molar-refractivity contribution in [2.75, 3.05) is 18.0 Å². The van der Waals surface area contributed by atoms with Gasteiger partial charge in [0.15, 0.2) is 0 Å². The summed E-state index contributed by atoms with van der Waals surface area (Å²) in [6.45, 7) is 2.15. The monoisotopic (exact) mass is 486 g/mol. The van der Waals surface area contributed by atoms with Gasteiger partial charge in [-0.15, -0.1) is 0 Å². The van der Waals surface area contributed by atoms with Crippen molar-refractivity contribution in [2.45, 2.75) is 24.7 Å². The number of carbonyl (C=O) groups excluding carboxylic acids is 1. The average Bonchev–Trinajstić information content (AvgIpc) is 2.95. The predicted molar refractivity (Wildman–Crippen MR) is 149 cm³/mol. The van der Waals surface area contributed by atoms with Gasteiger partial charge in [0.1, 0.15) is 5.75 Å². The first-order valence-electron chi connectivity index (χ1n) is 13.0. The molecule has 2 unspecified atom stereocenters. The van der Waals surface area contributed by atoms with E-state index in [-0.39, 0.29) is 0 Å². The van der Waals surface area contributed by atoms with Crippen LogP contribution in [0.1, 0.15) is 52.5 Å². The molecule has 2 heterocycles. The topological polar surface area (TPSA) is 41.6 Å². The van der Waals surface area contributed by atoms with Gasteiger partial charge in [0.2, 0.25) is 0 Å². The van der Waals surface area contributed by atoms with Crippen LogP contribution in [0.2, 0.25) is 0 Å². The van der Waals surface area contributed by atoms with Crippen LogP contribution in [0.4, 0.5) is 10.5 Å². The third-order valence-corrected chi connectivity index (χ3v) is 7.47. The van der Waals surface area contributed by atoms with E-state index in [4.69, 9.17) is 4.74 Å². The normalized spacial score (nSPS) is 18.3. The summed E-state index contributed by atoms with van der Waals surface area (Å²) in [6.07, 6.45) is 5.35. The van der Waals surface area contributed by atoms with Gasteiger partial charge in [-0.3, -0.25) is 5.32 Å². The summed E-state index contributed by atoms with van der Waals surface area (Å²) in [4.78, 5) is 14.9. The molecule has 0 radical (unpaired) electrons. The van der Waals surface area contributed by atoms with Gasteiger partial charge in [-0.05, 0) is 71.0 Å². The fraction of sp³-hybridized carbons (Fsp3) is 0.182. The van der Waals surface area contributed by atoms with Crippen LogP contribution in [0, 0.1) is 0 Å². The number of benzene rings is 4. The third kappa shape index (κ3) is 4.88. The highest BCUT2D eigenvalue weighted by atomic mass is 16.5. The van der Waals surface area contributed by atoms with Gasteiger partial charge < -0.3 is 9.64 Å². The molecule has 0 aromatic heterocycles. The second kappa shape index (κ2) is 10.4. The highest BCUT2D eigenvalue weighted by Crippen LogP contribution is 2.48. The van der Waals surface area contributed by atoms with Gasteiger partial charge in [-0.25, -0.2) is 4.79 Å². The van der Waals surface area contributed by atoms with E-state index in [1.807, 2.05) is 24.3 Å². The van der Waals surface area contributed by atoms with Gasteiger partial charge in [-0.2, -0.15) is 0 Å².